The van der Waals surface area contributed by atoms with Crippen LogP contribution in [0, 0.1) is 5.92 Å². The van der Waals surface area contributed by atoms with E-state index in [9.17, 15) is 13.2 Å². The van der Waals surface area contributed by atoms with Crippen LogP contribution in [0.15, 0.2) is 0 Å². The minimum Gasteiger partial charge on any atom is -0.352 e. The van der Waals surface area contributed by atoms with Crippen molar-refractivity contribution in [3.63, 3.8) is 0 Å². The number of carbonyl (C=O) groups is 1. The van der Waals surface area contributed by atoms with Crippen molar-refractivity contribution >= 4 is 15.7 Å². The number of hydrogen-bond donors (Lipinski definition) is 2. The fraction of sp³-hybridized carbons (Fsp3) is 0.917. The standard InChI is InChI=1S/C12H22N2O3S/c13-8-9-4-3-5-10(9)14-12(15)11-6-1-2-7-18(11,16)17/h9-11H,1-8,13H2,(H,14,15). The molecular formula is C12H22N2O3S. The van der Waals surface area contributed by atoms with E-state index in [2.05, 4.69) is 5.32 Å². The average Bonchev–Trinajstić information content (AvgIpc) is 2.75. The highest BCUT2D eigenvalue weighted by atomic mass is 32.2. The van der Waals surface area contributed by atoms with Crippen molar-refractivity contribution in [2.24, 2.45) is 11.7 Å². The number of nitrogens with one attached hydrogen (secondary N) is 1. The molecule has 0 aromatic heterocycles. The van der Waals surface area contributed by atoms with E-state index in [1.54, 1.807) is 0 Å². The summed E-state index contributed by atoms with van der Waals surface area (Å²) in [5.41, 5.74) is 5.66. The van der Waals surface area contributed by atoms with Crippen molar-refractivity contribution in [2.45, 2.75) is 49.8 Å². The number of nitrogens with two attached hydrogens (primary N) is 1. The Labute approximate surface area is 108 Å². The molecule has 2 rings (SSSR count). The number of carbonyl (C=O) groups excluding carboxylic acids is 1. The first-order valence-electron chi connectivity index (χ1n) is 6.76. The lowest BCUT2D eigenvalue weighted by atomic mass is 10.0. The van der Waals surface area contributed by atoms with E-state index in [-0.39, 0.29) is 17.7 Å². The summed E-state index contributed by atoms with van der Waals surface area (Å²) in [6, 6.07) is 0.0691. The molecule has 0 spiro atoms. The van der Waals surface area contributed by atoms with E-state index in [0.29, 0.717) is 25.3 Å². The maximum absolute atomic E-state index is 12.1. The molecule has 0 bridgehead atoms. The van der Waals surface area contributed by atoms with Crippen LogP contribution in [0.25, 0.3) is 0 Å². The van der Waals surface area contributed by atoms with Gasteiger partial charge in [-0.3, -0.25) is 4.79 Å². The van der Waals surface area contributed by atoms with Gasteiger partial charge in [-0.25, -0.2) is 8.42 Å². The number of amides is 1. The van der Waals surface area contributed by atoms with Gasteiger partial charge in [0.25, 0.3) is 0 Å². The van der Waals surface area contributed by atoms with Crippen molar-refractivity contribution < 1.29 is 13.2 Å². The van der Waals surface area contributed by atoms with E-state index in [4.69, 9.17) is 5.73 Å². The van der Waals surface area contributed by atoms with Crippen LogP contribution < -0.4 is 11.1 Å². The molecule has 5 nitrogen and oxygen atoms in total. The zero-order chi connectivity index (χ0) is 13.2. The van der Waals surface area contributed by atoms with Crippen LogP contribution in [0.1, 0.15) is 38.5 Å². The van der Waals surface area contributed by atoms with Crippen molar-refractivity contribution in [3.05, 3.63) is 0 Å². The third-order valence-corrected chi connectivity index (χ3v) is 6.34. The third-order valence-electron chi connectivity index (χ3n) is 4.16. The number of hydrogen-bond acceptors (Lipinski definition) is 4. The average molecular weight is 274 g/mol. The topological polar surface area (TPSA) is 89.3 Å². The van der Waals surface area contributed by atoms with Gasteiger partial charge in [0.05, 0.1) is 5.75 Å². The molecule has 0 aromatic carbocycles. The Morgan fingerprint density at radius 3 is 2.61 bits per heavy atom. The summed E-state index contributed by atoms with van der Waals surface area (Å²) in [5.74, 6) is 0.149. The highest BCUT2D eigenvalue weighted by molar-refractivity contribution is 7.92. The normalized spacial score (nSPS) is 35.3. The molecule has 2 aliphatic rings. The Morgan fingerprint density at radius 2 is 1.94 bits per heavy atom. The molecule has 1 amide bonds. The molecule has 1 aliphatic carbocycles. The molecule has 1 saturated heterocycles. The molecule has 1 heterocycles. The predicted octanol–water partition coefficient (Wildman–Crippen LogP) is 0.197. The van der Waals surface area contributed by atoms with Crippen LogP contribution in [0.2, 0.25) is 0 Å². The lowest BCUT2D eigenvalue weighted by Crippen LogP contribution is -2.48. The molecule has 104 valence electrons. The second-order valence-electron chi connectivity index (χ2n) is 5.39. The van der Waals surface area contributed by atoms with Crippen LogP contribution in [0.3, 0.4) is 0 Å². The molecule has 1 aliphatic heterocycles. The van der Waals surface area contributed by atoms with E-state index in [1.165, 1.54) is 0 Å². The van der Waals surface area contributed by atoms with Crippen molar-refractivity contribution in [2.75, 3.05) is 12.3 Å². The fourth-order valence-electron chi connectivity index (χ4n) is 3.03. The van der Waals surface area contributed by atoms with Gasteiger partial charge >= 0.3 is 0 Å². The molecule has 18 heavy (non-hydrogen) atoms. The molecule has 6 heteroatoms. The Balaban J connectivity index is 1.99. The van der Waals surface area contributed by atoms with E-state index in [1.807, 2.05) is 0 Å². The van der Waals surface area contributed by atoms with Crippen LogP contribution in [-0.4, -0.2) is 37.9 Å². The van der Waals surface area contributed by atoms with Crippen LogP contribution in [0.5, 0.6) is 0 Å². The van der Waals surface area contributed by atoms with E-state index >= 15 is 0 Å². The summed E-state index contributed by atoms with van der Waals surface area (Å²) in [7, 11) is -3.23. The number of sulfone groups is 1. The van der Waals surface area contributed by atoms with E-state index in [0.717, 1.165) is 25.7 Å². The molecule has 3 atom stereocenters. The van der Waals surface area contributed by atoms with Gasteiger partial charge in [0.15, 0.2) is 9.84 Å². The molecule has 0 aromatic rings. The van der Waals surface area contributed by atoms with Crippen molar-refractivity contribution in [3.8, 4) is 0 Å². The van der Waals surface area contributed by atoms with Crippen LogP contribution in [0.4, 0.5) is 0 Å². The SMILES string of the molecule is NCC1CCCC1NC(=O)C1CCCCS1(=O)=O. The maximum atomic E-state index is 12.1. The zero-order valence-corrected chi connectivity index (χ0v) is 11.4. The third kappa shape index (κ3) is 2.85. The van der Waals surface area contributed by atoms with Crippen LogP contribution >= 0.6 is 0 Å². The van der Waals surface area contributed by atoms with Gasteiger partial charge in [0, 0.05) is 6.04 Å². The summed E-state index contributed by atoms with van der Waals surface area (Å²) in [6.07, 6.45) is 4.97. The Bertz CT molecular complexity index is 408. The monoisotopic (exact) mass is 274 g/mol. The van der Waals surface area contributed by atoms with Gasteiger partial charge in [-0.1, -0.05) is 12.8 Å². The van der Waals surface area contributed by atoms with Gasteiger partial charge in [-0.2, -0.15) is 0 Å². The molecule has 3 unspecified atom stereocenters. The zero-order valence-electron chi connectivity index (χ0n) is 10.6. The fourth-order valence-corrected chi connectivity index (χ4v) is 4.84. The van der Waals surface area contributed by atoms with Gasteiger partial charge in [-0.15, -0.1) is 0 Å². The molecule has 2 fully saturated rings. The van der Waals surface area contributed by atoms with Gasteiger partial charge in [0.2, 0.25) is 5.91 Å². The summed E-state index contributed by atoms with van der Waals surface area (Å²) in [6.45, 7) is 0.558. The molecular weight excluding hydrogens is 252 g/mol. The Kier molecular flexibility index (Phi) is 4.27. The molecule has 0 radical (unpaired) electrons. The predicted molar refractivity (Wildman–Crippen MR) is 69.8 cm³/mol. The lowest BCUT2D eigenvalue weighted by Gasteiger charge is -2.25. The quantitative estimate of drug-likeness (QED) is 0.769. The Hall–Kier alpha value is -0.620. The highest BCUT2D eigenvalue weighted by Crippen LogP contribution is 2.26. The first-order chi connectivity index (χ1) is 8.54. The largest absolute Gasteiger partial charge is 0.352 e. The summed E-state index contributed by atoms with van der Waals surface area (Å²) in [4.78, 5) is 12.1. The molecule has 1 saturated carbocycles. The van der Waals surface area contributed by atoms with Gasteiger partial charge in [0.1, 0.15) is 5.25 Å². The highest BCUT2D eigenvalue weighted by Gasteiger charge is 2.37. The summed E-state index contributed by atoms with van der Waals surface area (Å²) in [5, 5.41) is 2.08. The maximum Gasteiger partial charge on any atom is 0.238 e. The first kappa shape index (κ1) is 13.8. The second kappa shape index (κ2) is 5.57. The molecule has 3 N–H and O–H groups in total. The van der Waals surface area contributed by atoms with Crippen LogP contribution in [-0.2, 0) is 14.6 Å². The lowest BCUT2D eigenvalue weighted by molar-refractivity contribution is -0.121. The first-order valence-corrected chi connectivity index (χ1v) is 8.48. The van der Waals surface area contributed by atoms with E-state index < -0.39 is 15.1 Å². The van der Waals surface area contributed by atoms with Gasteiger partial charge < -0.3 is 11.1 Å². The smallest absolute Gasteiger partial charge is 0.238 e. The number of rotatable bonds is 3. The Morgan fingerprint density at radius 1 is 1.17 bits per heavy atom. The van der Waals surface area contributed by atoms with Gasteiger partial charge in [-0.05, 0) is 38.1 Å². The summed E-state index contributed by atoms with van der Waals surface area (Å²) < 4.78 is 23.7. The summed E-state index contributed by atoms with van der Waals surface area (Å²) >= 11 is 0. The minimum absolute atomic E-state index is 0.0691. The van der Waals surface area contributed by atoms with Crippen molar-refractivity contribution in [1.29, 1.82) is 0 Å². The minimum atomic E-state index is -3.23. The second-order valence-corrected chi connectivity index (χ2v) is 7.70. The van der Waals surface area contributed by atoms with Crippen molar-refractivity contribution in [1.82, 2.24) is 5.32 Å².